The van der Waals surface area contributed by atoms with Gasteiger partial charge in [-0.3, -0.25) is 4.79 Å². The Morgan fingerprint density at radius 2 is 2.14 bits per heavy atom. The summed E-state index contributed by atoms with van der Waals surface area (Å²) in [5.74, 6) is 0. The van der Waals surface area contributed by atoms with Crippen LogP contribution in [0.3, 0.4) is 0 Å². The number of hydrogen-bond donors (Lipinski definition) is 1. The summed E-state index contributed by atoms with van der Waals surface area (Å²) in [5.41, 5.74) is 1.57. The van der Waals surface area contributed by atoms with Crippen LogP contribution >= 0.6 is 11.6 Å². The highest BCUT2D eigenvalue weighted by Crippen LogP contribution is 2.17. The first-order valence-electron chi connectivity index (χ1n) is 4.61. The van der Waals surface area contributed by atoms with Crippen molar-refractivity contribution in [3.63, 3.8) is 0 Å². The van der Waals surface area contributed by atoms with Gasteiger partial charge in [-0.1, -0.05) is 38.1 Å². The SMILES string of the molecule is C=C(CC)/C(Cl)=C\C(=C/CC)NC=O. The van der Waals surface area contributed by atoms with Gasteiger partial charge in [-0.25, -0.2) is 0 Å². The lowest BCUT2D eigenvalue weighted by Crippen LogP contribution is -2.08. The molecule has 0 bridgehead atoms. The van der Waals surface area contributed by atoms with Crippen LogP contribution in [-0.2, 0) is 4.79 Å². The molecule has 0 unspecified atom stereocenters. The van der Waals surface area contributed by atoms with E-state index in [0.717, 1.165) is 18.4 Å². The molecule has 0 rings (SSSR count). The van der Waals surface area contributed by atoms with Gasteiger partial charge in [-0.2, -0.15) is 0 Å². The van der Waals surface area contributed by atoms with Crippen molar-refractivity contribution in [2.24, 2.45) is 0 Å². The van der Waals surface area contributed by atoms with E-state index >= 15 is 0 Å². The number of rotatable bonds is 6. The molecule has 0 fully saturated rings. The number of allylic oxidation sites excluding steroid dienone is 4. The molecule has 0 aromatic carbocycles. The van der Waals surface area contributed by atoms with Gasteiger partial charge in [-0.05, 0) is 24.5 Å². The summed E-state index contributed by atoms with van der Waals surface area (Å²) >= 11 is 5.96. The zero-order chi connectivity index (χ0) is 11.0. The molecule has 3 heteroatoms. The van der Waals surface area contributed by atoms with Crippen molar-refractivity contribution < 1.29 is 4.79 Å². The molecule has 0 heterocycles. The van der Waals surface area contributed by atoms with Crippen LogP contribution in [0.1, 0.15) is 26.7 Å². The molecule has 78 valence electrons. The highest BCUT2D eigenvalue weighted by molar-refractivity contribution is 6.32. The van der Waals surface area contributed by atoms with Crippen LogP contribution in [0.15, 0.2) is 35.0 Å². The number of carbonyl (C=O) groups excluding carboxylic acids is 1. The minimum atomic E-state index is 0.585. The summed E-state index contributed by atoms with van der Waals surface area (Å²) in [6, 6.07) is 0. The van der Waals surface area contributed by atoms with Crippen molar-refractivity contribution in [1.29, 1.82) is 0 Å². The van der Waals surface area contributed by atoms with Crippen LogP contribution in [0.4, 0.5) is 0 Å². The largest absolute Gasteiger partial charge is 0.329 e. The summed E-state index contributed by atoms with van der Waals surface area (Å²) in [7, 11) is 0. The van der Waals surface area contributed by atoms with Gasteiger partial charge in [-0.15, -0.1) is 0 Å². The molecule has 2 nitrogen and oxygen atoms in total. The Balaban J connectivity index is 4.62. The molecule has 0 aromatic rings. The van der Waals surface area contributed by atoms with Gasteiger partial charge in [0.1, 0.15) is 0 Å². The van der Waals surface area contributed by atoms with Gasteiger partial charge in [0.2, 0.25) is 6.41 Å². The summed E-state index contributed by atoms with van der Waals surface area (Å²) in [6.07, 6.45) is 5.88. The molecule has 0 saturated heterocycles. The van der Waals surface area contributed by atoms with Crippen molar-refractivity contribution in [2.75, 3.05) is 0 Å². The predicted molar refractivity (Wildman–Crippen MR) is 60.9 cm³/mol. The predicted octanol–water partition coefficient (Wildman–Crippen LogP) is 3.12. The van der Waals surface area contributed by atoms with Crippen molar-refractivity contribution in [3.05, 3.63) is 35.0 Å². The van der Waals surface area contributed by atoms with E-state index < -0.39 is 0 Å². The summed E-state index contributed by atoms with van der Waals surface area (Å²) in [5, 5.41) is 3.16. The van der Waals surface area contributed by atoms with Crippen molar-refractivity contribution in [1.82, 2.24) is 5.32 Å². The lowest BCUT2D eigenvalue weighted by atomic mass is 10.2. The monoisotopic (exact) mass is 213 g/mol. The Morgan fingerprint density at radius 1 is 1.50 bits per heavy atom. The van der Waals surface area contributed by atoms with E-state index in [1.807, 2.05) is 19.9 Å². The van der Waals surface area contributed by atoms with Crippen LogP contribution in [0, 0.1) is 0 Å². The van der Waals surface area contributed by atoms with Gasteiger partial charge >= 0.3 is 0 Å². The standard InChI is InChI=1S/C11H16ClNO/c1-4-6-10(13-8-14)7-11(12)9(3)5-2/h6-8H,3-5H2,1-2H3,(H,13,14)/b10-6+,11-7+. The number of nitrogens with one attached hydrogen (secondary N) is 1. The zero-order valence-corrected chi connectivity index (χ0v) is 9.40. The van der Waals surface area contributed by atoms with Crippen LogP contribution in [0.2, 0.25) is 0 Å². The Labute approximate surface area is 90.3 Å². The molecule has 0 aliphatic rings. The van der Waals surface area contributed by atoms with Crippen molar-refractivity contribution in [2.45, 2.75) is 26.7 Å². The Hall–Kier alpha value is -1.02. The third-order valence-electron chi connectivity index (χ3n) is 1.70. The zero-order valence-electron chi connectivity index (χ0n) is 8.64. The van der Waals surface area contributed by atoms with Crippen LogP contribution in [0.25, 0.3) is 0 Å². The second kappa shape index (κ2) is 7.39. The maximum absolute atomic E-state index is 10.3. The normalized spacial score (nSPS) is 12.5. The fraction of sp³-hybridized carbons (Fsp3) is 0.364. The lowest BCUT2D eigenvalue weighted by Gasteiger charge is -2.03. The fourth-order valence-corrected chi connectivity index (χ4v) is 1.11. The van der Waals surface area contributed by atoms with E-state index in [1.54, 1.807) is 6.08 Å². The van der Waals surface area contributed by atoms with Crippen LogP contribution in [0.5, 0.6) is 0 Å². The molecular weight excluding hydrogens is 198 g/mol. The average Bonchev–Trinajstić information content (AvgIpc) is 2.17. The molecule has 0 spiro atoms. The second-order valence-electron chi connectivity index (χ2n) is 2.78. The van der Waals surface area contributed by atoms with E-state index in [1.165, 1.54) is 0 Å². The smallest absolute Gasteiger partial charge is 0.211 e. The molecule has 0 radical (unpaired) electrons. The topological polar surface area (TPSA) is 29.1 Å². The molecular formula is C11H16ClNO. The molecule has 0 aliphatic heterocycles. The molecule has 1 N–H and O–H groups in total. The first-order chi connectivity index (χ1) is 6.65. The molecule has 14 heavy (non-hydrogen) atoms. The molecule has 0 saturated carbocycles. The quantitative estimate of drug-likeness (QED) is 0.533. The number of hydrogen-bond acceptors (Lipinski definition) is 1. The highest BCUT2D eigenvalue weighted by Gasteiger charge is 1.98. The van der Waals surface area contributed by atoms with E-state index in [0.29, 0.717) is 17.1 Å². The maximum Gasteiger partial charge on any atom is 0.211 e. The van der Waals surface area contributed by atoms with E-state index in [9.17, 15) is 4.79 Å². The van der Waals surface area contributed by atoms with Crippen molar-refractivity contribution >= 4 is 18.0 Å². The fourth-order valence-electron chi connectivity index (χ4n) is 0.855. The maximum atomic E-state index is 10.3. The summed E-state index contributed by atoms with van der Waals surface area (Å²) in [6.45, 7) is 7.77. The average molecular weight is 214 g/mol. The van der Waals surface area contributed by atoms with Crippen LogP contribution < -0.4 is 5.32 Å². The van der Waals surface area contributed by atoms with Gasteiger partial charge < -0.3 is 5.32 Å². The highest BCUT2D eigenvalue weighted by atomic mass is 35.5. The van der Waals surface area contributed by atoms with E-state index in [-0.39, 0.29) is 0 Å². The first kappa shape index (κ1) is 13.0. The molecule has 1 amide bonds. The van der Waals surface area contributed by atoms with Crippen molar-refractivity contribution in [3.8, 4) is 0 Å². The first-order valence-corrected chi connectivity index (χ1v) is 4.99. The lowest BCUT2D eigenvalue weighted by molar-refractivity contribution is -0.108. The Morgan fingerprint density at radius 3 is 2.57 bits per heavy atom. The van der Waals surface area contributed by atoms with Crippen LogP contribution in [-0.4, -0.2) is 6.41 Å². The Bertz CT molecular complexity index is 266. The van der Waals surface area contributed by atoms with Gasteiger partial charge in [0.05, 0.1) is 0 Å². The third kappa shape index (κ3) is 4.87. The number of amides is 1. The van der Waals surface area contributed by atoms with Gasteiger partial charge in [0, 0.05) is 10.7 Å². The van der Waals surface area contributed by atoms with E-state index in [4.69, 9.17) is 11.6 Å². The molecule has 0 atom stereocenters. The summed E-state index contributed by atoms with van der Waals surface area (Å²) < 4.78 is 0. The van der Waals surface area contributed by atoms with Gasteiger partial charge in [0.15, 0.2) is 0 Å². The molecule has 0 aromatic heterocycles. The minimum absolute atomic E-state index is 0.585. The minimum Gasteiger partial charge on any atom is -0.329 e. The number of carbonyl (C=O) groups is 1. The van der Waals surface area contributed by atoms with Gasteiger partial charge in [0.25, 0.3) is 0 Å². The summed E-state index contributed by atoms with van der Waals surface area (Å²) in [4.78, 5) is 10.3. The van der Waals surface area contributed by atoms with E-state index in [2.05, 4.69) is 11.9 Å². The second-order valence-corrected chi connectivity index (χ2v) is 3.19. The number of halogens is 1. The molecule has 0 aliphatic carbocycles. The Kier molecular flexibility index (Phi) is 6.85. The third-order valence-corrected chi connectivity index (χ3v) is 2.07.